The molecule has 0 spiro atoms. The molecule has 0 saturated carbocycles. The van der Waals surface area contributed by atoms with Crippen molar-refractivity contribution < 1.29 is 22.3 Å². The third-order valence-electron chi connectivity index (χ3n) is 4.34. The highest BCUT2D eigenvalue weighted by Gasteiger charge is 2.17. The van der Waals surface area contributed by atoms with Gasteiger partial charge in [-0.2, -0.15) is 4.57 Å². The normalized spacial score (nSPS) is 11.0. The molecule has 29 heavy (non-hydrogen) atoms. The first kappa shape index (κ1) is 20.9. The highest BCUT2D eigenvalue weighted by atomic mass is 32.2. The van der Waals surface area contributed by atoms with Crippen LogP contribution in [0, 0.1) is 6.92 Å². The van der Waals surface area contributed by atoms with Crippen LogP contribution in [-0.2, 0) is 17.2 Å². The van der Waals surface area contributed by atoms with Crippen molar-refractivity contribution in [1.29, 1.82) is 0 Å². The Morgan fingerprint density at radius 2 is 1.55 bits per heavy atom. The Labute approximate surface area is 173 Å². The summed E-state index contributed by atoms with van der Waals surface area (Å²) in [6.45, 7) is 1.82. The molecule has 0 bridgehead atoms. The van der Waals surface area contributed by atoms with Crippen molar-refractivity contribution in [2.45, 2.75) is 11.8 Å². The summed E-state index contributed by atoms with van der Waals surface area (Å²) in [5.74, 6) is 0. The van der Waals surface area contributed by atoms with E-state index in [0.29, 0.717) is 5.56 Å². The van der Waals surface area contributed by atoms with Crippen molar-refractivity contribution in [3.8, 4) is 10.6 Å². The number of rotatable bonds is 3. The van der Waals surface area contributed by atoms with Gasteiger partial charge < -0.3 is 4.55 Å². The molecular weight excluding hydrogens is 406 g/mol. The van der Waals surface area contributed by atoms with Crippen LogP contribution in [0.1, 0.15) is 15.9 Å². The van der Waals surface area contributed by atoms with E-state index in [1.54, 1.807) is 23.5 Å². The molecule has 0 saturated heterocycles. The number of fused-ring (bicyclic) bond motifs is 1. The molecule has 0 N–H and O–H groups in total. The number of aromatic nitrogens is 1. The Kier molecular flexibility index (Phi) is 6.22. The molecular formula is C22H19NO4S2. The van der Waals surface area contributed by atoms with E-state index in [2.05, 4.69) is 29.8 Å². The maximum Gasteiger partial charge on any atom is 0.269 e. The Morgan fingerprint density at radius 3 is 2.10 bits per heavy atom. The van der Waals surface area contributed by atoms with Crippen molar-refractivity contribution in [2.75, 3.05) is 0 Å². The average Bonchev–Trinajstić information content (AvgIpc) is 3.05. The van der Waals surface area contributed by atoms with Gasteiger partial charge in [0.25, 0.3) is 5.01 Å². The fourth-order valence-electron chi connectivity index (χ4n) is 2.76. The van der Waals surface area contributed by atoms with Crippen molar-refractivity contribution in [2.24, 2.45) is 7.05 Å². The fraction of sp³-hybridized carbons (Fsp3) is 0.0909. The van der Waals surface area contributed by atoms with Gasteiger partial charge in [-0.1, -0.05) is 53.3 Å². The standard InChI is InChI=1S/C15H12NOS.C7H8O3S/c1-16-13-4-2-3-5-14(13)18-15(16)12-8-6-11(10-17)7-9-12;1-6-2-4-7(5-3-6)11(8,9)10/h2-10H,1H3;2-5H,1H3,(H,8,9,10)/q+1;/p-1. The summed E-state index contributed by atoms with van der Waals surface area (Å²) in [5.41, 5.74) is 4.01. The lowest BCUT2D eigenvalue weighted by atomic mass is 10.1. The first-order valence-electron chi connectivity index (χ1n) is 8.75. The Bertz CT molecular complexity index is 1240. The third-order valence-corrected chi connectivity index (χ3v) is 6.46. The van der Waals surface area contributed by atoms with Crippen LogP contribution < -0.4 is 4.57 Å². The molecule has 0 aliphatic heterocycles. The summed E-state index contributed by atoms with van der Waals surface area (Å²) in [5, 5.41) is 1.20. The van der Waals surface area contributed by atoms with Crippen LogP contribution in [0.15, 0.2) is 77.7 Å². The zero-order chi connectivity index (χ0) is 21.0. The summed E-state index contributed by atoms with van der Waals surface area (Å²) in [4.78, 5) is 10.5. The molecule has 0 amide bonds. The first-order valence-corrected chi connectivity index (χ1v) is 11.0. The van der Waals surface area contributed by atoms with E-state index >= 15 is 0 Å². The van der Waals surface area contributed by atoms with Gasteiger partial charge in [-0.05, 0) is 37.3 Å². The van der Waals surface area contributed by atoms with E-state index in [1.165, 1.54) is 27.4 Å². The van der Waals surface area contributed by atoms with E-state index < -0.39 is 10.1 Å². The molecule has 3 aromatic carbocycles. The van der Waals surface area contributed by atoms with Crippen LogP contribution >= 0.6 is 11.3 Å². The van der Waals surface area contributed by atoms with Gasteiger partial charge in [0.05, 0.1) is 10.5 Å². The molecule has 0 radical (unpaired) electrons. The number of carbonyl (C=O) groups is 1. The molecule has 148 valence electrons. The summed E-state index contributed by atoms with van der Waals surface area (Å²) in [7, 11) is -2.20. The van der Waals surface area contributed by atoms with Crippen molar-refractivity contribution in [1.82, 2.24) is 0 Å². The molecule has 0 aliphatic rings. The molecule has 4 rings (SSSR count). The summed E-state index contributed by atoms with van der Waals surface area (Å²) in [6.07, 6.45) is 0.870. The molecule has 1 aromatic heterocycles. The van der Waals surface area contributed by atoms with Gasteiger partial charge in [0.1, 0.15) is 28.2 Å². The Morgan fingerprint density at radius 1 is 0.931 bits per heavy atom. The number of hydrogen-bond donors (Lipinski definition) is 0. The van der Waals surface area contributed by atoms with Gasteiger partial charge in [0, 0.05) is 11.6 Å². The lowest BCUT2D eigenvalue weighted by Gasteiger charge is -2.05. The lowest BCUT2D eigenvalue weighted by Crippen LogP contribution is -2.28. The zero-order valence-corrected chi connectivity index (χ0v) is 17.5. The molecule has 7 heteroatoms. The molecule has 0 aliphatic carbocycles. The number of carbonyl (C=O) groups excluding carboxylic acids is 1. The highest BCUT2D eigenvalue weighted by Crippen LogP contribution is 2.27. The minimum Gasteiger partial charge on any atom is -0.744 e. The fourth-order valence-corrected chi connectivity index (χ4v) is 4.39. The van der Waals surface area contributed by atoms with Gasteiger partial charge in [-0.3, -0.25) is 4.79 Å². The minimum absolute atomic E-state index is 0.178. The monoisotopic (exact) mass is 425 g/mol. The minimum atomic E-state index is -4.27. The Balaban J connectivity index is 0.000000188. The maximum atomic E-state index is 10.7. The van der Waals surface area contributed by atoms with E-state index in [-0.39, 0.29) is 4.90 Å². The van der Waals surface area contributed by atoms with Crippen LogP contribution in [0.2, 0.25) is 0 Å². The van der Waals surface area contributed by atoms with Crippen LogP contribution in [0.3, 0.4) is 0 Å². The quantitative estimate of drug-likeness (QED) is 0.281. The molecule has 0 unspecified atom stereocenters. The largest absolute Gasteiger partial charge is 0.744 e. The number of para-hydroxylation sites is 1. The predicted molar refractivity (Wildman–Crippen MR) is 113 cm³/mol. The predicted octanol–water partition coefficient (Wildman–Crippen LogP) is 4.10. The number of benzene rings is 3. The van der Waals surface area contributed by atoms with Crippen molar-refractivity contribution in [3.05, 3.63) is 83.9 Å². The van der Waals surface area contributed by atoms with E-state index in [0.717, 1.165) is 17.4 Å². The number of aldehydes is 1. The van der Waals surface area contributed by atoms with Gasteiger partial charge in [0.2, 0.25) is 5.52 Å². The van der Waals surface area contributed by atoms with Crippen LogP contribution in [0.25, 0.3) is 20.8 Å². The molecule has 5 nitrogen and oxygen atoms in total. The van der Waals surface area contributed by atoms with Crippen LogP contribution in [0.4, 0.5) is 0 Å². The second-order valence-corrected chi connectivity index (χ2v) is 8.85. The van der Waals surface area contributed by atoms with Crippen molar-refractivity contribution >= 4 is 38.0 Å². The van der Waals surface area contributed by atoms with Crippen LogP contribution in [-0.4, -0.2) is 19.3 Å². The van der Waals surface area contributed by atoms with E-state index in [4.69, 9.17) is 0 Å². The smallest absolute Gasteiger partial charge is 0.269 e. The summed E-state index contributed by atoms with van der Waals surface area (Å²) < 4.78 is 34.6. The maximum absolute atomic E-state index is 10.7. The highest BCUT2D eigenvalue weighted by molar-refractivity contribution is 7.85. The van der Waals surface area contributed by atoms with E-state index in [1.807, 2.05) is 37.3 Å². The zero-order valence-electron chi connectivity index (χ0n) is 15.9. The topological polar surface area (TPSA) is 78.1 Å². The number of hydrogen-bond acceptors (Lipinski definition) is 5. The van der Waals surface area contributed by atoms with Gasteiger partial charge in [-0.25, -0.2) is 8.42 Å². The van der Waals surface area contributed by atoms with E-state index in [9.17, 15) is 17.8 Å². The summed E-state index contributed by atoms with van der Waals surface area (Å²) >= 11 is 1.77. The molecule has 1 heterocycles. The van der Waals surface area contributed by atoms with Gasteiger partial charge >= 0.3 is 0 Å². The molecule has 0 atom stereocenters. The summed E-state index contributed by atoms with van der Waals surface area (Å²) in [6, 6.07) is 21.8. The van der Waals surface area contributed by atoms with Gasteiger partial charge in [-0.15, -0.1) is 0 Å². The second-order valence-electron chi connectivity index (χ2n) is 6.44. The lowest BCUT2D eigenvalue weighted by molar-refractivity contribution is -0.629. The number of nitrogens with zero attached hydrogens (tertiary/aromatic N) is 1. The Hall–Kier alpha value is -2.87. The molecule has 0 fully saturated rings. The third kappa shape index (κ3) is 4.95. The van der Waals surface area contributed by atoms with Crippen LogP contribution in [0.5, 0.6) is 0 Å². The number of thiazole rings is 1. The average molecular weight is 426 g/mol. The first-order chi connectivity index (χ1) is 13.8. The van der Waals surface area contributed by atoms with Crippen molar-refractivity contribution in [3.63, 3.8) is 0 Å². The number of aryl methyl sites for hydroxylation is 2. The van der Waals surface area contributed by atoms with Gasteiger partial charge in [0.15, 0.2) is 0 Å². The molecule has 4 aromatic rings. The second kappa shape index (κ2) is 8.65. The SMILES string of the molecule is C[n+]1c(-c2ccc(C=O)cc2)sc2ccccc21.Cc1ccc(S(=O)(=O)[O-])cc1.